The van der Waals surface area contributed by atoms with Crippen molar-refractivity contribution in [2.75, 3.05) is 0 Å². The maximum absolute atomic E-state index is 9.51. The summed E-state index contributed by atoms with van der Waals surface area (Å²) in [4.78, 5) is 15.2. The van der Waals surface area contributed by atoms with Gasteiger partial charge in [0.15, 0.2) is 17.5 Å². The summed E-state index contributed by atoms with van der Waals surface area (Å²) >= 11 is 0. The molecule has 0 unspecified atom stereocenters. The molecule has 2 aliphatic heterocycles. The van der Waals surface area contributed by atoms with Crippen LogP contribution in [0.3, 0.4) is 0 Å². The SMILES string of the molecule is CC1(C)OB(c2ccc(-c3nc(-c4ccc(B5OC(C)(C)C(C)(C)O5)cc4)nc(-c4ccc(-c5ccc(C#N)cc5)c(-c5ccc(C#N)cc5)c4)n3)cc2)OC1(C)C. The van der Waals surface area contributed by atoms with Crippen molar-refractivity contribution in [1.82, 2.24) is 15.0 Å². The molecule has 3 heterocycles. The van der Waals surface area contributed by atoms with E-state index in [0.29, 0.717) is 28.6 Å². The van der Waals surface area contributed by atoms with Gasteiger partial charge in [-0.25, -0.2) is 15.0 Å². The lowest BCUT2D eigenvalue weighted by atomic mass is 9.79. The lowest BCUT2D eigenvalue weighted by Crippen LogP contribution is -2.41. The minimum Gasteiger partial charge on any atom is -0.399 e. The Kier molecular flexibility index (Phi) is 9.70. The van der Waals surface area contributed by atoms with Crippen molar-refractivity contribution in [1.29, 1.82) is 10.5 Å². The van der Waals surface area contributed by atoms with Gasteiger partial charge in [0.2, 0.25) is 0 Å². The maximum atomic E-state index is 9.51. The molecular formula is C47H43B2N5O4. The van der Waals surface area contributed by atoms with Crippen molar-refractivity contribution >= 4 is 25.2 Å². The highest BCUT2D eigenvalue weighted by atomic mass is 16.7. The van der Waals surface area contributed by atoms with Gasteiger partial charge in [0.1, 0.15) is 0 Å². The highest BCUT2D eigenvalue weighted by molar-refractivity contribution is 6.62. The smallest absolute Gasteiger partial charge is 0.399 e. The number of hydrogen-bond acceptors (Lipinski definition) is 9. The fourth-order valence-corrected chi connectivity index (χ4v) is 6.92. The van der Waals surface area contributed by atoms with Crippen LogP contribution in [0.15, 0.2) is 115 Å². The van der Waals surface area contributed by atoms with E-state index in [2.05, 4.69) is 18.2 Å². The first-order chi connectivity index (χ1) is 27.6. The summed E-state index contributed by atoms with van der Waals surface area (Å²) in [5.74, 6) is 1.50. The quantitative estimate of drug-likeness (QED) is 0.147. The first-order valence-electron chi connectivity index (χ1n) is 19.4. The molecule has 2 aliphatic rings. The predicted octanol–water partition coefficient (Wildman–Crippen LogP) is 8.55. The summed E-state index contributed by atoms with van der Waals surface area (Å²) in [5, 5.41) is 18.9. The van der Waals surface area contributed by atoms with Crippen LogP contribution in [0, 0.1) is 22.7 Å². The van der Waals surface area contributed by atoms with Gasteiger partial charge in [0.05, 0.1) is 45.7 Å². The number of hydrogen-bond donors (Lipinski definition) is 0. The zero-order chi connectivity index (χ0) is 41.0. The van der Waals surface area contributed by atoms with E-state index in [1.165, 1.54) is 0 Å². The van der Waals surface area contributed by atoms with Gasteiger partial charge in [-0.3, -0.25) is 0 Å². The Morgan fingerprint density at radius 3 is 1.07 bits per heavy atom. The lowest BCUT2D eigenvalue weighted by Gasteiger charge is -2.32. The average Bonchev–Trinajstić information content (AvgIpc) is 3.59. The first kappa shape index (κ1) is 38.9. The van der Waals surface area contributed by atoms with Gasteiger partial charge in [-0.1, -0.05) is 84.9 Å². The average molecular weight is 764 g/mol. The van der Waals surface area contributed by atoms with Crippen LogP contribution < -0.4 is 10.9 Å². The second-order valence-corrected chi connectivity index (χ2v) is 16.9. The number of nitriles is 2. The molecule has 8 rings (SSSR count). The van der Waals surface area contributed by atoms with Crippen molar-refractivity contribution in [3.05, 3.63) is 126 Å². The molecule has 2 fully saturated rings. The van der Waals surface area contributed by atoms with E-state index in [9.17, 15) is 10.5 Å². The zero-order valence-electron chi connectivity index (χ0n) is 34.0. The van der Waals surface area contributed by atoms with E-state index < -0.39 is 36.6 Å². The van der Waals surface area contributed by atoms with Crippen molar-refractivity contribution in [3.63, 3.8) is 0 Å². The molecule has 0 spiro atoms. The normalized spacial score (nSPS) is 17.5. The Morgan fingerprint density at radius 1 is 0.397 bits per heavy atom. The fraction of sp³-hybridized carbons (Fsp3) is 0.255. The first-order valence-corrected chi connectivity index (χ1v) is 19.4. The Labute approximate surface area is 340 Å². The van der Waals surface area contributed by atoms with E-state index >= 15 is 0 Å². The van der Waals surface area contributed by atoms with Gasteiger partial charge in [0, 0.05) is 16.7 Å². The molecule has 0 bridgehead atoms. The topological polar surface area (TPSA) is 123 Å². The molecule has 11 heteroatoms. The van der Waals surface area contributed by atoms with Crippen LogP contribution in [0.4, 0.5) is 0 Å². The molecule has 58 heavy (non-hydrogen) atoms. The second kappa shape index (κ2) is 14.5. The maximum Gasteiger partial charge on any atom is 0.494 e. The Bertz CT molecular complexity index is 2460. The molecule has 0 saturated carbocycles. The molecule has 9 nitrogen and oxygen atoms in total. The van der Waals surface area contributed by atoms with Crippen molar-refractivity contribution in [2.24, 2.45) is 0 Å². The third-order valence-corrected chi connectivity index (χ3v) is 12.0. The lowest BCUT2D eigenvalue weighted by molar-refractivity contribution is 0.00578. The van der Waals surface area contributed by atoms with Gasteiger partial charge in [-0.2, -0.15) is 10.5 Å². The summed E-state index contributed by atoms with van der Waals surface area (Å²) in [6, 6.07) is 41.5. The highest BCUT2D eigenvalue weighted by Crippen LogP contribution is 2.39. The van der Waals surface area contributed by atoms with Crippen LogP contribution in [-0.2, 0) is 18.6 Å². The van der Waals surface area contributed by atoms with Crippen LogP contribution in [-0.4, -0.2) is 51.6 Å². The van der Waals surface area contributed by atoms with E-state index in [1.54, 1.807) is 0 Å². The van der Waals surface area contributed by atoms with Gasteiger partial charge < -0.3 is 18.6 Å². The summed E-state index contributed by atoms with van der Waals surface area (Å²) in [6.45, 7) is 16.3. The summed E-state index contributed by atoms with van der Waals surface area (Å²) < 4.78 is 25.3. The van der Waals surface area contributed by atoms with Gasteiger partial charge in [-0.15, -0.1) is 0 Å². The minimum atomic E-state index is -0.499. The van der Waals surface area contributed by atoms with Crippen LogP contribution in [0.5, 0.6) is 0 Å². The molecule has 2 saturated heterocycles. The van der Waals surface area contributed by atoms with Crippen LogP contribution >= 0.6 is 0 Å². The molecule has 286 valence electrons. The predicted molar refractivity (Wildman–Crippen MR) is 228 cm³/mol. The monoisotopic (exact) mass is 763 g/mol. The third kappa shape index (κ3) is 7.23. The van der Waals surface area contributed by atoms with E-state index in [1.807, 2.05) is 165 Å². The van der Waals surface area contributed by atoms with Gasteiger partial charge in [-0.05, 0) is 119 Å². The van der Waals surface area contributed by atoms with Gasteiger partial charge >= 0.3 is 14.2 Å². The highest BCUT2D eigenvalue weighted by Gasteiger charge is 2.52. The van der Waals surface area contributed by atoms with Crippen molar-refractivity contribution in [3.8, 4) is 68.6 Å². The molecule has 0 atom stereocenters. The molecular weight excluding hydrogens is 720 g/mol. The fourth-order valence-electron chi connectivity index (χ4n) is 6.92. The molecule has 6 aromatic rings. The van der Waals surface area contributed by atoms with Crippen LogP contribution in [0.1, 0.15) is 66.5 Å². The summed E-state index contributed by atoms with van der Waals surface area (Å²) in [5.41, 5.74) is 7.27. The number of nitrogens with zero attached hydrogens (tertiary/aromatic N) is 5. The Morgan fingerprint density at radius 2 is 0.707 bits per heavy atom. The molecule has 0 amide bonds. The minimum absolute atomic E-state index is 0.460. The molecule has 1 aromatic heterocycles. The summed E-state index contributed by atoms with van der Waals surface area (Å²) in [7, 11) is -0.998. The second-order valence-electron chi connectivity index (χ2n) is 16.9. The molecule has 5 aromatic carbocycles. The largest absolute Gasteiger partial charge is 0.494 e. The van der Waals surface area contributed by atoms with E-state index in [0.717, 1.165) is 49.9 Å². The molecule has 0 aliphatic carbocycles. The molecule has 0 radical (unpaired) electrons. The van der Waals surface area contributed by atoms with Gasteiger partial charge in [0.25, 0.3) is 0 Å². The number of aromatic nitrogens is 3. The van der Waals surface area contributed by atoms with Crippen molar-refractivity contribution in [2.45, 2.75) is 77.8 Å². The van der Waals surface area contributed by atoms with Crippen LogP contribution in [0.2, 0.25) is 0 Å². The van der Waals surface area contributed by atoms with E-state index in [4.69, 9.17) is 33.6 Å². The molecule has 0 N–H and O–H groups in total. The Balaban J connectivity index is 1.22. The number of benzene rings is 5. The standard InChI is InChI=1S/C47H43B2N5O4/c1-44(2)45(3,4)56-48(55-44)37-22-17-34(18-23-37)41-52-42(35-19-24-38(25-20-35)49-57-46(5,6)47(7,8)58-49)54-43(53-41)36-21-26-39(32-13-9-30(28-50)10-14-32)40(27-36)33-15-11-31(29-51)12-16-33/h9-27H,1-8H3. The summed E-state index contributed by atoms with van der Waals surface area (Å²) in [6.07, 6.45) is 0. The van der Waals surface area contributed by atoms with Crippen LogP contribution in [0.25, 0.3) is 56.4 Å². The Hall–Kier alpha value is -5.94. The van der Waals surface area contributed by atoms with Crippen molar-refractivity contribution < 1.29 is 18.6 Å². The zero-order valence-corrected chi connectivity index (χ0v) is 34.0. The third-order valence-electron chi connectivity index (χ3n) is 12.0. The van der Waals surface area contributed by atoms with E-state index in [-0.39, 0.29) is 0 Å². The number of rotatable bonds is 7.